The fraction of sp³-hybridized carbons (Fsp3) is 0.211. The number of primary amides is 2. The summed E-state index contributed by atoms with van der Waals surface area (Å²) in [6.07, 6.45) is 0. The minimum absolute atomic E-state index is 0.101. The number of nitrogens with two attached hydrogens (primary N) is 2. The molecule has 0 atom stereocenters. The fourth-order valence-electron chi connectivity index (χ4n) is 2.49. The quantitative estimate of drug-likeness (QED) is 0.693. The van der Waals surface area contributed by atoms with Gasteiger partial charge in [-0.3, -0.25) is 19.3 Å². The van der Waals surface area contributed by atoms with E-state index < -0.39 is 11.8 Å². The number of carbonyl (C=O) groups is 3. The molecule has 0 aliphatic heterocycles. The summed E-state index contributed by atoms with van der Waals surface area (Å²) in [6, 6.07) is 12.2. The highest BCUT2D eigenvalue weighted by atomic mass is 16.2. The van der Waals surface area contributed by atoms with Crippen LogP contribution in [-0.2, 0) is 11.3 Å². The third-order valence-corrected chi connectivity index (χ3v) is 3.77. The molecule has 2 aromatic rings. The Bertz CT molecular complexity index is 799. The van der Waals surface area contributed by atoms with Gasteiger partial charge in [0, 0.05) is 23.4 Å². The summed E-state index contributed by atoms with van der Waals surface area (Å²) in [7, 11) is 1.83. The van der Waals surface area contributed by atoms with Crippen LogP contribution < -0.4 is 16.8 Å². The van der Waals surface area contributed by atoms with Gasteiger partial charge in [0.1, 0.15) is 0 Å². The van der Waals surface area contributed by atoms with E-state index in [0.29, 0.717) is 12.2 Å². The predicted octanol–water partition coefficient (Wildman–Crippen LogP) is 1.26. The molecule has 5 N–H and O–H groups in total. The van der Waals surface area contributed by atoms with Crippen LogP contribution in [0.1, 0.15) is 31.8 Å². The number of hydrogen-bond donors (Lipinski definition) is 3. The van der Waals surface area contributed by atoms with Crippen LogP contribution in [0.4, 0.5) is 5.69 Å². The number of aryl methyl sites for hydroxylation is 1. The highest BCUT2D eigenvalue weighted by molar-refractivity contribution is 6.01. The number of carbonyl (C=O) groups excluding carboxylic acids is 3. The Kier molecular flexibility index (Phi) is 6.08. The van der Waals surface area contributed by atoms with E-state index in [9.17, 15) is 14.4 Å². The Labute approximate surface area is 152 Å². The van der Waals surface area contributed by atoms with E-state index in [-0.39, 0.29) is 23.6 Å². The maximum absolute atomic E-state index is 12.2. The third kappa shape index (κ3) is 5.42. The fourth-order valence-corrected chi connectivity index (χ4v) is 2.49. The lowest BCUT2D eigenvalue weighted by Gasteiger charge is -2.17. The molecular formula is C19H22N4O3. The monoisotopic (exact) mass is 354 g/mol. The molecular weight excluding hydrogens is 332 g/mol. The zero-order chi connectivity index (χ0) is 19.3. The summed E-state index contributed by atoms with van der Waals surface area (Å²) < 4.78 is 0. The lowest BCUT2D eigenvalue weighted by atomic mass is 10.1. The molecule has 7 heteroatoms. The predicted molar refractivity (Wildman–Crippen MR) is 99.6 cm³/mol. The van der Waals surface area contributed by atoms with Gasteiger partial charge in [0.25, 0.3) is 0 Å². The van der Waals surface area contributed by atoms with E-state index in [0.717, 1.165) is 5.56 Å². The number of likely N-dealkylation sites (N-methyl/N-ethyl adjacent to an activating group) is 1. The van der Waals surface area contributed by atoms with Gasteiger partial charge in [-0.15, -0.1) is 0 Å². The van der Waals surface area contributed by atoms with Crippen molar-refractivity contribution in [1.29, 1.82) is 0 Å². The van der Waals surface area contributed by atoms with Crippen molar-refractivity contribution in [2.45, 2.75) is 13.5 Å². The topological polar surface area (TPSA) is 119 Å². The van der Waals surface area contributed by atoms with Gasteiger partial charge in [0.15, 0.2) is 0 Å². The van der Waals surface area contributed by atoms with Gasteiger partial charge >= 0.3 is 0 Å². The van der Waals surface area contributed by atoms with Crippen molar-refractivity contribution < 1.29 is 14.4 Å². The summed E-state index contributed by atoms with van der Waals surface area (Å²) in [5.41, 5.74) is 13.3. The SMILES string of the molecule is Cc1ccc(CN(C)CC(=O)Nc2cc(C(N)=O)cc(C(N)=O)c2)cc1. The Hall–Kier alpha value is -3.19. The van der Waals surface area contributed by atoms with Gasteiger partial charge in [-0.25, -0.2) is 0 Å². The second-order valence-electron chi connectivity index (χ2n) is 6.23. The van der Waals surface area contributed by atoms with Crippen LogP contribution in [0, 0.1) is 6.92 Å². The summed E-state index contributed by atoms with van der Waals surface area (Å²) in [6.45, 7) is 2.77. The van der Waals surface area contributed by atoms with E-state index in [1.165, 1.54) is 23.8 Å². The van der Waals surface area contributed by atoms with Crippen LogP contribution in [0.5, 0.6) is 0 Å². The second kappa shape index (κ2) is 8.26. The van der Waals surface area contributed by atoms with Gasteiger partial charge in [0.05, 0.1) is 6.54 Å². The largest absolute Gasteiger partial charge is 0.366 e. The Morgan fingerprint density at radius 1 is 0.962 bits per heavy atom. The Morgan fingerprint density at radius 2 is 1.50 bits per heavy atom. The van der Waals surface area contributed by atoms with E-state index >= 15 is 0 Å². The molecule has 0 aromatic heterocycles. The lowest BCUT2D eigenvalue weighted by molar-refractivity contribution is -0.117. The molecule has 0 fully saturated rings. The summed E-state index contributed by atoms with van der Waals surface area (Å²) in [4.78, 5) is 36.8. The zero-order valence-corrected chi connectivity index (χ0v) is 14.8. The van der Waals surface area contributed by atoms with Crippen molar-refractivity contribution in [3.8, 4) is 0 Å². The molecule has 0 saturated heterocycles. The molecule has 2 aromatic carbocycles. The van der Waals surface area contributed by atoms with Gasteiger partial charge in [-0.2, -0.15) is 0 Å². The number of rotatable bonds is 7. The molecule has 0 aliphatic carbocycles. The number of hydrogen-bond acceptors (Lipinski definition) is 4. The Morgan fingerprint density at radius 3 is 2.00 bits per heavy atom. The van der Waals surface area contributed by atoms with Gasteiger partial charge < -0.3 is 16.8 Å². The van der Waals surface area contributed by atoms with Gasteiger partial charge in [0.2, 0.25) is 17.7 Å². The van der Waals surface area contributed by atoms with E-state index in [1.807, 2.05) is 43.1 Å². The van der Waals surface area contributed by atoms with Crippen LogP contribution in [0.15, 0.2) is 42.5 Å². The normalized spacial score (nSPS) is 10.6. The van der Waals surface area contributed by atoms with Gasteiger partial charge in [-0.1, -0.05) is 29.8 Å². The molecule has 0 unspecified atom stereocenters. The average molecular weight is 354 g/mol. The van der Waals surface area contributed by atoms with Crippen LogP contribution in [0.25, 0.3) is 0 Å². The molecule has 136 valence electrons. The van der Waals surface area contributed by atoms with Crippen LogP contribution in [0.3, 0.4) is 0 Å². The molecule has 3 amide bonds. The number of amides is 3. The number of benzene rings is 2. The maximum Gasteiger partial charge on any atom is 0.248 e. The van der Waals surface area contributed by atoms with Crippen molar-refractivity contribution in [1.82, 2.24) is 4.90 Å². The standard InChI is InChI=1S/C19H22N4O3/c1-12-3-5-13(6-4-12)10-23(2)11-17(24)22-16-8-14(18(20)25)7-15(9-16)19(21)26/h3-9H,10-11H2,1-2H3,(H2,20,25)(H2,21,26)(H,22,24). The number of nitrogens with one attached hydrogen (secondary N) is 1. The minimum atomic E-state index is -0.708. The van der Waals surface area contributed by atoms with Crippen molar-refractivity contribution in [2.24, 2.45) is 11.5 Å². The van der Waals surface area contributed by atoms with Crippen LogP contribution in [0.2, 0.25) is 0 Å². The lowest BCUT2D eigenvalue weighted by Crippen LogP contribution is -2.30. The first-order chi connectivity index (χ1) is 12.2. The van der Waals surface area contributed by atoms with E-state index in [1.54, 1.807) is 0 Å². The third-order valence-electron chi connectivity index (χ3n) is 3.77. The van der Waals surface area contributed by atoms with E-state index in [4.69, 9.17) is 11.5 Å². The minimum Gasteiger partial charge on any atom is -0.366 e. The molecule has 0 aliphatic rings. The van der Waals surface area contributed by atoms with Crippen molar-refractivity contribution in [3.05, 3.63) is 64.7 Å². The molecule has 2 rings (SSSR count). The number of nitrogens with zero attached hydrogens (tertiary/aromatic N) is 1. The highest BCUT2D eigenvalue weighted by Crippen LogP contribution is 2.15. The van der Waals surface area contributed by atoms with Crippen molar-refractivity contribution in [3.63, 3.8) is 0 Å². The average Bonchev–Trinajstić information content (AvgIpc) is 2.56. The van der Waals surface area contributed by atoms with Crippen molar-refractivity contribution >= 4 is 23.4 Å². The maximum atomic E-state index is 12.2. The van der Waals surface area contributed by atoms with Crippen LogP contribution >= 0.6 is 0 Å². The number of anilines is 1. The first-order valence-corrected chi connectivity index (χ1v) is 8.03. The summed E-state index contributed by atoms with van der Waals surface area (Å²) in [5.74, 6) is -1.70. The molecule has 0 radical (unpaired) electrons. The molecule has 26 heavy (non-hydrogen) atoms. The molecule has 0 spiro atoms. The molecule has 0 bridgehead atoms. The van der Waals surface area contributed by atoms with Crippen molar-refractivity contribution in [2.75, 3.05) is 18.9 Å². The smallest absolute Gasteiger partial charge is 0.248 e. The highest BCUT2D eigenvalue weighted by Gasteiger charge is 2.12. The molecule has 0 heterocycles. The zero-order valence-electron chi connectivity index (χ0n) is 14.8. The summed E-state index contributed by atoms with van der Waals surface area (Å²) in [5, 5.41) is 2.66. The molecule has 0 saturated carbocycles. The second-order valence-corrected chi connectivity index (χ2v) is 6.23. The molecule has 7 nitrogen and oxygen atoms in total. The Balaban J connectivity index is 2.03. The van der Waals surface area contributed by atoms with E-state index in [2.05, 4.69) is 5.32 Å². The van der Waals surface area contributed by atoms with Gasteiger partial charge in [-0.05, 0) is 37.7 Å². The summed E-state index contributed by atoms with van der Waals surface area (Å²) >= 11 is 0. The van der Waals surface area contributed by atoms with Crippen LogP contribution in [-0.4, -0.2) is 36.2 Å². The first kappa shape index (κ1) is 19.1. The first-order valence-electron chi connectivity index (χ1n) is 8.03.